The smallest absolute Gasteiger partial charge is 0.0397 e. The van der Waals surface area contributed by atoms with Gasteiger partial charge in [0.2, 0.25) is 0 Å². The summed E-state index contributed by atoms with van der Waals surface area (Å²) in [5, 5.41) is 2.86. The Morgan fingerprint density at radius 2 is 1.10 bits per heavy atom. The first-order valence-corrected chi connectivity index (χ1v) is 12.8. The van der Waals surface area contributed by atoms with Crippen molar-refractivity contribution in [1.82, 2.24) is 0 Å². The lowest BCUT2D eigenvalue weighted by Crippen LogP contribution is -2.08. The van der Waals surface area contributed by atoms with Crippen LogP contribution in [0.3, 0.4) is 0 Å². The molecule has 0 aliphatic carbocycles. The summed E-state index contributed by atoms with van der Waals surface area (Å²) in [6, 6.07) is 15.0. The van der Waals surface area contributed by atoms with Crippen LogP contribution < -0.4 is 0 Å². The zero-order valence-corrected chi connectivity index (χ0v) is 21.2. The first-order valence-electron chi connectivity index (χ1n) is 12.0. The van der Waals surface area contributed by atoms with Crippen LogP contribution in [0.1, 0.15) is 86.8 Å². The summed E-state index contributed by atoms with van der Waals surface area (Å²) < 4.78 is 1.11. The second-order valence-electron chi connectivity index (χ2n) is 8.41. The molecular formula is C30H35Br. The van der Waals surface area contributed by atoms with Gasteiger partial charge in [-0.15, -0.1) is 0 Å². The summed E-state index contributed by atoms with van der Waals surface area (Å²) in [4.78, 5) is 0. The highest BCUT2D eigenvalue weighted by atomic mass is 79.9. The van der Waals surface area contributed by atoms with Crippen LogP contribution in [0.4, 0.5) is 0 Å². The van der Waals surface area contributed by atoms with E-state index in [0.717, 1.165) is 28.4 Å². The Morgan fingerprint density at radius 3 is 1.61 bits per heavy atom. The molecule has 0 radical (unpaired) electrons. The largest absolute Gasteiger partial charge is 0.0651 e. The quantitative estimate of drug-likeness (QED) is 0.286. The lowest BCUT2D eigenvalue weighted by molar-refractivity contribution is 0.810. The zero-order valence-electron chi connectivity index (χ0n) is 19.6. The summed E-state index contributed by atoms with van der Waals surface area (Å²) in [5.74, 6) is 6.79. The normalized spacial score (nSPS) is 10.9. The van der Waals surface area contributed by atoms with E-state index in [2.05, 4.69) is 79.7 Å². The van der Waals surface area contributed by atoms with Gasteiger partial charge in [-0.25, -0.2) is 0 Å². The Balaban J connectivity index is 2.31. The van der Waals surface area contributed by atoms with Crippen molar-refractivity contribution >= 4 is 26.7 Å². The highest BCUT2D eigenvalue weighted by Gasteiger charge is 2.19. The number of aryl methyl sites for hydroxylation is 2. The molecule has 0 fully saturated rings. The molecular weight excluding hydrogens is 440 g/mol. The zero-order chi connectivity index (χ0) is 22.2. The van der Waals surface area contributed by atoms with Gasteiger partial charge in [-0.05, 0) is 98.9 Å². The van der Waals surface area contributed by atoms with Crippen LogP contribution in [0.25, 0.3) is 10.8 Å². The third kappa shape index (κ3) is 5.42. The van der Waals surface area contributed by atoms with E-state index < -0.39 is 0 Å². The second-order valence-corrected chi connectivity index (χ2v) is 9.26. The molecule has 0 atom stereocenters. The van der Waals surface area contributed by atoms with Crippen molar-refractivity contribution in [3.8, 4) is 11.8 Å². The molecule has 0 N–H and O–H groups in total. The summed E-state index contributed by atoms with van der Waals surface area (Å²) >= 11 is 3.85. The molecule has 3 aromatic carbocycles. The Hall–Kier alpha value is -2.04. The number of fused-ring (bicyclic) bond motifs is 1. The maximum Gasteiger partial charge on any atom is 0.0397 e. The highest BCUT2D eigenvalue weighted by Crippen LogP contribution is 2.37. The van der Waals surface area contributed by atoms with Gasteiger partial charge in [0, 0.05) is 15.6 Å². The van der Waals surface area contributed by atoms with Crippen LogP contribution >= 0.6 is 15.9 Å². The van der Waals surface area contributed by atoms with Gasteiger partial charge in [-0.1, -0.05) is 83.4 Å². The molecule has 1 heteroatoms. The van der Waals surface area contributed by atoms with Crippen molar-refractivity contribution in [2.45, 2.75) is 79.1 Å². The fraction of sp³-hybridized carbons (Fsp3) is 0.400. The maximum absolute atomic E-state index is 3.85. The third-order valence-electron chi connectivity index (χ3n) is 5.97. The fourth-order valence-electron chi connectivity index (χ4n) is 4.69. The fourth-order valence-corrected chi connectivity index (χ4v) is 5.14. The summed E-state index contributed by atoms with van der Waals surface area (Å²) in [7, 11) is 0. The van der Waals surface area contributed by atoms with Crippen LogP contribution in [0.15, 0.2) is 46.9 Å². The monoisotopic (exact) mass is 474 g/mol. The van der Waals surface area contributed by atoms with Gasteiger partial charge in [0.1, 0.15) is 0 Å². The van der Waals surface area contributed by atoms with E-state index >= 15 is 0 Å². The van der Waals surface area contributed by atoms with Gasteiger partial charge in [-0.3, -0.25) is 0 Å². The van der Waals surface area contributed by atoms with Crippen molar-refractivity contribution in [3.05, 3.63) is 80.3 Å². The number of hydrogen-bond donors (Lipinski definition) is 0. The molecule has 0 bridgehead atoms. The molecule has 0 unspecified atom stereocenters. The molecule has 162 valence electrons. The first kappa shape index (κ1) is 23.6. The molecule has 0 spiro atoms. The Morgan fingerprint density at radius 1 is 0.613 bits per heavy atom. The minimum atomic E-state index is 1.06. The number of benzene rings is 3. The topological polar surface area (TPSA) is 0 Å². The SMILES string of the molecule is CCCc1c(CCC)c(CCC)c2cc(C#Cc3ccccc3)c(Br)cc2c1CCC. The van der Waals surface area contributed by atoms with E-state index in [9.17, 15) is 0 Å². The third-order valence-corrected chi connectivity index (χ3v) is 6.62. The van der Waals surface area contributed by atoms with Crippen molar-refractivity contribution in [3.63, 3.8) is 0 Å². The van der Waals surface area contributed by atoms with Gasteiger partial charge in [0.15, 0.2) is 0 Å². The van der Waals surface area contributed by atoms with E-state index in [4.69, 9.17) is 0 Å². The van der Waals surface area contributed by atoms with Crippen molar-refractivity contribution in [2.24, 2.45) is 0 Å². The standard InChI is InChI=1S/C30H35Br/c1-5-12-24-25(13-6-2)27(15-8-4)29-21-30(31)23(20-28(29)26(24)14-7-3)19-18-22-16-10-9-11-17-22/h9-11,16-17,20-21H,5-8,12-15H2,1-4H3. The summed E-state index contributed by atoms with van der Waals surface area (Å²) in [5.41, 5.74) is 8.55. The average molecular weight is 476 g/mol. The molecule has 0 amide bonds. The average Bonchev–Trinajstić information content (AvgIpc) is 2.78. The summed E-state index contributed by atoms with van der Waals surface area (Å²) in [6.07, 6.45) is 9.40. The molecule has 3 aromatic rings. The van der Waals surface area contributed by atoms with Crippen molar-refractivity contribution < 1.29 is 0 Å². The first-order chi connectivity index (χ1) is 15.1. The minimum absolute atomic E-state index is 1.06. The molecule has 0 aliphatic heterocycles. The van der Waals surface area contributed by atoms with Crippen molar-refractivity contribution in [1.29, 1.82) is 0 Å². The number of rotatable bonds is 8. The van der Waals surface area contributed by atoms with Crippen LogP contribution in [-0.2, 0) is 25.7 Å². The second kappa shape index (κ2) is 11.5. The Kier molecular flexibility index (Phi) is 8.79. The van der Waals surface area contributed by atoms with Crippen LogP contribution in [0.5, 0.6) is 0 Å². The summed E-state index contributed by atoms with van der Waals surface area (Å²) in [6.45, 7) is 9.23. The molecule has 0 heterocycles. The molecule has 0 saturated carbocycles. The molecule has 3 rings (SSSR count). The van der Waals surface area contributed by atoms with Crippen LogP contribution in [-0.4, -0.2) is 0 Å². The van der Waals surface area contributed by atoms with Crippen LogP contribution in [0, 0.1) is 11.8 Å². The predicted octanol–water partition coefficient (Wildman–Crippen LogP) is 8.81. The van der Waals surface area contributed by atoms with Gasteiger partial charge < -0.3 is 0 Å². The molecule has 0 saturated heterocycles. The molecule has 0 aromatic heterocycles. The minimum Gasteiger partial charge on any atom is -0.0651 e. The molecule has 0 nitrogen and oxygen atoms in total. The highest BCUT2D eigenvalue weighted by molar-refractivity contribution is 9.10. The maximum atomic E-state index is 3.85. The molecule has 31 heavy (non-hydrogen) atoms. The lowest BCUT2D eigenvalue weighted by Gasteiger charge is -2.23. The number of hydrogen-bond acceptors (Lipinski definition) is 0. The predicted molar refractivity (Wildman–Crippen MR) is 140 cm³/mol. The van der Waals surface area contributed by atoms with Crippen LogP contribution in [0.2, 0.25) is 0 Å². The molecule has 0 aliphatic rings. The lowest BCUT2D eigenvalue weighted by atomic mass is 9.82. The van der Waals surface area contributed by atoms with Gasteiger partial charge in [0.05, 0.1) is 0 Å². The van der Waals surface area contributed by atoms with E-state index in [-0.39, 0.29) is 0 Å². The van der Waals surface area contributed by atoms with E-state index in [0.29, 0.717) is 0 Å². The van der Waals surface area contributed by atoms with E-state index in [1.165, 1.54) is 49.3 Å². The van der Waals surface area contributed by atoms with Crippen molar-refractivity contribution in [2.75, 3.05) is 0 Å². The van der Waals surface area contributed by atoms with Gasteiger partial charge in [0.25, 0.3) is 0 Å². The van der Waals surface area contributed by atoms with E-state index in [1.807, 2.05) is 18.2 Å². The van der Waals surface area contributed by atoms with Gasteiger partial charge >= 0.3 is 0 Å². The number of halogens is 1. The Labute approximate surface area is 197 Å². The Bertz CT molecular complexity index is 1080. The van der Waals surface area contributed by atoms with Gasteiger partial charge in [-0.2, -0.15) is 0 Å². The van der Waals surface area contributed by atoms with E-state index in [1.54, 1.807) is 22.3 Å².